The van der Waals surface area contributed by atoms with Crippen molar-refractivity contribution in [2.45, 2.75) is 40.2 Å². The average Bonchev–Trinajstić information content (AvgIpc) is 2.95. The van der Waals surface area contributed by atoms with Gasteiger partial charge < -0.3 is 9.30 Å². The van der Waals surface area contributed by atoms with E-state index in [9.17, 15) is 18.0 Å². The standard InChI is InChI=1S/C17H23NO5S/c1-11(2)7-17(20)23-9-16(19)15-8-12(3)18(13(15)4)14-5-6-24(21,22)10-14/h7-8,14H,5-6,9-10H2,1-4H3/t14-/m1/s1. The van der Waals surface area contributed by atoms with Crippen molar-refractivity contribution in [3.05, 3.63) is 34.7 Å². The van der Waals surface area contributed by atoms with Crippen LogP contribution in [0.4, 0.5) is 0 Å². The summed E-state index contributed by atoms with van der Waals surface area (Å²) in [6.07, 6.45) is 1.89. The predicted molar refractivity (Wildman–Crippen MR) is 90.9 cm³/mol. The molecule has 1 fully saturated rings. The van der Waals surface area contributed by atoms with Crippen molar-refractivity contribution in [3.8, 4) is 0 Å². The molecular weight excluding hydrogens is 330 g/mol. The first kappa shape index (κ1) is 18.4. The number of Topliss-reactive ketones (excluding diaryl/α,β-unsaturated/α-hetero) is 1. The number of carbonyl (C=O) groups is 2. The smallest absolute Gasteiger partial charge is 0.331 e. The molecule has 132 valence electrons. The molecule has 0 bridgehead atoms. The van der Waals surface area contributed by atoms with Crippen molar-refractivity contribution in [3.63, 3.8) is 0 Å². The second-order valence-corrected chi connectivity index (χ2v) is 8.69. The first-order chi connectivity index (χ1) is 11.1. The zero-order valence-corrected chi connectivity index (χ0v) is 15.3. The van der Waals surface area contributed by atoms with E-state index in [2.05, 4.69) is 0 Å². The van der Waals surface area contributed by atoms with Crippen LogP contribution in [0.3, 0.4) is 0 Å². The van der Waals surface area contributed by atoms with E-state index >= 15 is 0 Å². The fraction of sp³-hybridized carbons (Fsp3) is 0.529. The summed E-state index contributed by atoms with van der Waals surface area (Å²) in [5, 5.41) is 0. The van der Waals surface area contributed by atoms with Crippen LogP contribution in [0.25, 0.3) is 0 Å². The Hall–Kier alpha value is -1.89. The minimum Gasteiger partial charge on any atom is -0.454 e. The highest BCUT2D eigenvalue weighted by Crippen LogP contribution is 2.29. The minimum absolute atomic E-state index is 0.104. The monoisotopic (exact) mass is 353 g/mol. The largest absolute Gasteiger partial charge is 0.454 e. The molecule has 2 heterocycles. The van der Waals surface area contributed by atoms with Gasteiger partial charge in [-0.25, -0.2) is 13.2 Å². The van der Waals surface area contributed by atoms with E-state index in [0.29, 0.717) is 12.0 Å². The molecule has 0 amide bonds. The third kappa shape index (κ3) is 4.14. The number of nitrogens with zero attached hydrogens (tertiary/aromatic N) is 1. The topological polar surface area (TPSA) is 82.4 Å². The summed E-state index contributed by atoms with van der Waals surface area (Å²) in [6, 6.07) is 1.60. The molecule has 1 aliphatic heterocycles. The molecule has 1 aliphatic rings. The van der Waals surface area contributed by atoms with E-state index in [-0.39, 0.29) is 29.9 Å². The maximum absolute atomic E-state index is 12.3. The molecule has 1 atom stereocenters. The summed E-state index contributed by atoms with van der Waals surface area (Å²) >= 11 is 0. The molecule has 1 saturated heterocycles. The van der Waals surface area contributed by atoms with Gasteiger partial charge in [-0.1, -0.05) is 5.57 Å². The zero-order valence-electron chi connectivity index (χ0n) is 14.5. The predicted octanol–water partition coefficient (Wildman–Crippen LogP) is 2.16. The van der Waals surface area contributed by atoms with E-state index in [0.717, 1.165) is 17.0 Å². The van der Waals surface area contributed by atoms with Crippen LogP contribution in [-0.4, -0.2) is 42.9 Å². The van der Waals surface area contributed by atoms with Crippen LogP contribution in [0.1, 0.15) is 48.1 Å². The van der Waals surface area contributed by atoms with Crippen molar-refractivity contribution in [1.82, 2.24) is 4.57 Å². The maximum atomic E-state index is 12.3. The summed E-state index contributed by atoms with van der Waals surface area (Å²) in [6.45, 7) is 6.86. The van der Waals surface area contributed by atoms with Gasteiger partial charge in [0.15, 0.2) is 16.4 Å². The van der Waals surface area contributed by atoms with Crippen molar-refractivity contribution in [1.29, 1.82) is 0 Å². The van der Waals surface area contributed by atoms with E-state index in [1.165, 1.54) is 6.08 Å². The van der Waals surface area contributed by atoms with Gasteiger partial charge in [-0.05, 0) is 40.2 Å². The van der Waals surface area contributed by atoms with Gasteiger partial charge in [0.2, 0.25) is 5.78 Å². The average molecular weight is 353 g/mol. The summed E-state index contributed by atoms with van der Waals surface area (Å²) in [4.78, 5) is 23.8. The number of hydrogen-bond donors (Lipinski definition) is 0. The van der Waals surface area contributed by atoms with Crippen molar-refractivity contribution >= 4 is 21.6 Å². The van der Waals surface area contributed by atoms with Crippen LogP contribution >= 0.6 is 0 Å². The van der Waals surface area contributed by atoms with Gasteiger partial charge >= 0.3 is 5.97 Å². The normalized spacial score (nSPS) is 19.1. The Kier molecular flexibility index (Phi) is 5.32. The number of allylic oxidation sites excluding steroid dienone is 1. The summed E-state index contributed by atoms with van der Waals surface area (Å²) in [5.41, 5.74) is 2.83. The number of aryl methyl sites for hydroxylation is 1. The third-order valence-corrected chi connectivity index (χ3v) is 5.86. The van der Waals surface area contributed by atoms with Crippen LogP contribution in [0.2, 0.25) is 0 Å². The lowest BCUT2D eigenvalue weighted by molar-refractivity contribution is -0.136. The Bertz CT molecular complexity index is 797. The van der Waals surface area contributed by atoms with Crippen molar-refractivity contribution < 1.29 is 22.7 Å². The van der Waals surface area contributed by atoms with Gasteiger partial charge in [-0.15, -0.1) is 0 Å². The fourth-order valence-electron chi connectivity index (χ4n) is 3.09. The minimum atomic E-state index is -3.00. The van der Waals surface area contributed by atoms with Gasteiger partial charge in [0.05, 0.1) is 11.5 Å². The Morgan fingerprint density at radius 2 is 2.00 bits per heavy atom. The number of carbonyl (C=O) groups excluding carboxylic acids is 2. The lowest BCUT2D eigenvalue weighted by atomic mass is 10.1. The number of sulfone groups is 1. The highest BCUT2D eigenvalue weighted by atomic mass is 32.2. The number of rotatable bonds is 5. The van der Waals surface area contributed by atoms with Crippen LogP contribution in [0, 0.1) is 13.8 Å². The summed E-state index contributed by atoms with van der Waals surface area (Å²) in [5.74, 6) is -0.546. The molecule has 6 nitrogen and oxygen atoms in total. The maximum Gasteiger partial charge on any atom is 0.331 e. The molecule has 0 saturated carbocycles. The molecule has 0 N–H and O–H groups in total. The van der Waals surface area contributed by atoms with Crippen molar-refractivity contribution in [2.75, 3.05) is 18.1 Å². The molecule has 7 heteroatoms. The molecule has 0 spiro atoms. The highest BCUT2D eigenvalue weighted by molar-refractivity contribution is 7.91. The molecule has 1 aromatic heterocycles. The SMILES string of the molecule is CC(C)=CC(=O)OCC(=O)c1cc(C)n([C@@H]2CCS(=O)(=O)C2)c1C. The lowest BCUT2D eigenvalue weighted by Crippen LogP contribution is -2.16. The van der Waals surface area contributed by atoms with Gasteiger partial charge in [-0.2, -0.15) is 0 Å². The number of aromatic nitrogens is 1. The molecule has 1 aromatic rings. The van der Waals surface area contributed by atoms with Gasteiger partial charge in [-0.3, -0.25) is 4.79 Å². The van der Waals surface area contributed by atoms with Gasteiger partial charge in [0, 0.05) is 29.1 Å². The first-order valence-corrected chi connectivity index (χ1v) is 9.66. The Labute approximate surface area is 142 Å². The number of hydrogen-bond acceptors (Lipinski definition) is 5. The number of esters is 1. The Morgan fingerprint density at radius 1 is 1.33 bits per heavy atom. The van der Waals surface area contributed by atoms with Crippen LogP contribution in [0.15, 0.2) is 17.7 Å². The third-order valence-electron chi connectivity index (χ3n) is 4.11. The van der Waals surface area contributed by atoms with Gasteiger partial charge in [0.1, 0.15) is 0 Å². The van der Waals surface area contributed by atoms with E-state index in [4.69, 9.17) is 4.74 Å². The van der Waals surface area contributed by atoms with E-state index < -0.39 is 15.8 Å². The van der Waals surface area contributed by atoms with Crippen LogP contribution < -0.4 is 0 Å². The molecule has 0 aromatic carbocycles. The molecule has 24 heavy (non-hydrogen) atoms. The zero-order chi connectivity index (χ0) is 18.1. The van der Waals surface area contributed by atoms with Crippen molar-refractivity contribution in [2.24, 2.45) is 0 Å². The molecular formula is C17H23NO5S. The van der Waals surface area contributed by atoms with E-state index in [1.807, 2.05) is 11.5 Å². The molecule has 0 unspecified atom stereocenters. The number of ketones is 1. The van der Waals surface area contributed by atoms with Gasteiger partial charge in [0.25, 0.3) is 0 Å². The first-order valence-electron chi connectivity index (χ1n) is 7.84. The van der Waals surface area contributed by atoms with Crippen LogP contribution in [-0.2, 0) is 19.4 Å². The second kappa shape index (κ2) is 6.93. The summed E-state index contributed by atoms with van der Waals surface area (Å²) in [7, 11) is -3.00. The Balaban J connectivity index is 2.15. The molecule has 0 aliphatic carbocycles. The van der Waals surface area contributed by atoms with Crippen LogP contribution in [0.5, 0.6) is 0 Å². The fourth-order valence-corrected chi connectivity index (χ4v) is 4.79. The lowest BCUT2D eigenvalue weighted by Gasteiger charge is -2.16. The van der Waals surface area contributed by atoms with E-state index in [1.54, 1.807) is 26.8 Å². The highest BCUT2D eigenvalue weighted by Gasteiger charge is 2.31. The Morgan fingerprint density at radius 3 is 2.54 bits per heavy atom. The number of ether oxygens (including phenoxy) is 1. The summed E-state index contributed by atoms with van der Waals surface area (Å²) < 4.78 is 30.3. The second-order valence-electron chi connectivity index (χ2n) is 6.46. The molecule has 0 radical (unpaired) electrons. The quantitative estimate of drug-likeness (QED) is 0.460. The molecule has 2 rings (SSSR count).